The van der Waals surface area contributed by atoms with Crippen molar-refractivity contribution in [3.8, 4) is 0 Å². The molecular weight excluding hydrogens is 341 g/mol. The molecule has 1 atom stereocenters. The van der Waals surface area contributed by atoms with Crippen LogP contribution in [0.1, 0.15) is 29.7 Å². The molecule has 22 heavy (non-hydrogen) atoms. The molecule has 118 valence electrons. The molecule has 0 unspecified atom stereocenters. The lowest BCUT2D eigenvalue weighted by atomic mass is 10.1. The number of hydrogen-bond donors (Lipinski definition) is 1. The first-order valence-electron chi connectivity index (χ1n) is 6.77. The average Bonchev–Trinajstić information content (AvgIpc) is 2.42. The van der Waals surface area contributed by atoms with Gasteiger partial charge in [0, 0.05) is 6.04 Å². The van der Waals surface area contributed by atoms with Gasteiger partial charge in [0.15, 0.2) is 0 Å². The third-order valence-electron chi connectivity index (χ3n) is 3.27. The van der Waals surface area contributed by atoms with E-state index in [0.717, 1.165) is 11.1 Å². The molecule has 0 aliphatic heterocycles. The fourth-order valence-electron chi connectivity index (χ4n) is 2.08. The Morgan fingerprint density at radius 2 is 1.68 bits per heavy atom. The Morgan fingerprint density at radius 3 is 2.27 bits per heavy atom. The quantitative estimate of drug-likeness (QED) is 0.856. The third-order valence-corrected chi connectivity index (χ3v) is 5.44. The Morgan fingerprint density at radius 1 is 1.05 bits per heavy atom. The molecule has 0 aliphatic rings. The minimum Gasteiger partial charge on any atom is -0.212 e. The molecule has 6 heteroatoms. The van der Waals surface area contributed by atoms with Gasteiger partial charge in [-0.2, -0.15) is 0 Å². The van der Waals surface area contributed by atoms with E-state index in [9.17, 15) is 8.42 Å². The van der Waals surface area contributed by atoms with Gasteiger partial charge in [0.05, 0.1) is 15.8 Å². The van der Waals surface area contributed by atoms with Crippen LogP contribution in [0.2, 0.25) is 10.0 Å². The van der Waals surface area contributed by atoms with Crippen LogP contribution in [0.15, 0.2) is 42.5 Å². The smallest absolute Gasteiger partial charge is 0.212 e. The number of aryl methyl sites for hydroxylation is 1. The van der Waals surface area contributed by atoms with Gasteiger partial charge in [0.1, 0.15) is 0 Å². The minimum absolute atomic E-state index is 0.139. The zero-order valence-corrected chi connectivity index (χ0v) is 14.6. The molecule has 0 saturated carbocycles. The van der Waals surface area contributed by atoms with E-state index in [0.29, 0.717) is 15.6 Å². The van der Waals surface area contributed by atoms with Gasteiger partial charge in [-0.05, 0) is 37.1 Å². The molecular formula is C16H17Cl2NO2S. The molecule has 0 saturated heterocycles. The fraction of sp³-hybridized carbons (Fsp3) is 0.250. The Kier molecular flexibility index (Phi) is 5.50. The van der Waals surface area contributed by atoms with E-state index in [4.69, 9.17) is 23.2 Å². The van der Waals surface area contributed by atoms with Gasteiger partial charge < -0.3 is 0 Å². The molecule has 0 bridgehead atoms. The number of hydrogen-bond acceptors (Lipinski definition) is 2. The molecule has 0 spiro atoms. The Labute approximate surface area is 141 Å². The van der Waals surface area contributed by atoms with Crippen molar-refractivity contribution in [1.29, 1.82) is 0 Å². The number of nitrogens with one attached hydrogen (secondary N) is 1. The summed E-state index contributed by atoms with van der Waals surface area (Å²) in [7, 11) is -3.47. The second-order valence-electron chi connectivity index (χ2n) is 5.26. The number of halogens is 2. The van der Waals surface area contributed by atoms with Gasteiger partial charge in [-0.25, -0.2) is 13.1 Å². The first-order chi connectivity index (χ1) is 10.3. The van der Waals surface area contributed by atoms with Gasteiger partial charge in [0.2, 0.25) is 10.0 Å². The van der Waals surface area contributed by atoms with E-state index < -0.39 is 10.0 Å². The minimum atomic E-state index is -3.47. The van der Waals surface area contributed by atoms with Crippen LogP contribution in [0, 0.1) is 6.92 Å². The van der Waals surface area contributed by atoms with Gasteiger partial charge in [-0.15, -0.1) is 0 Å². The molecule has 2 rings (SSSR count). The van der Waals surface area contributed by atoms with Crippen LogP contribution >= 0.6 is 23.2 Å². The van der Waals surface area contributed by atoms with Crippen molar-refractivity contribution >= 4 is 33.2 Å². The van der Waals surface area contributed by atoms with Crippen LogP contribution < -0.4 is 4.72 Å². The average molecular weight is 358 g/mol. The molecule has 0 heterocycles. The van der Waals surface area contributed by atoms with Crippen LogP contribution in [0.3, 0.4) is 0 Å². The van der Waals surface area contributed by atoms with Crippen molar-refractivity contribution in [3.05, 3.63) is 69.2 Å². The summed E-state index contributed by atoms with van der Waals surface area (Å²) in [5, 5.41) is 0.754. The Bertz CT molecular complexity index is 758. The van der Waals surface area contributed by atoms with E-state index in [-0.39, 0.29) is 11.8 Å². The molecule has 2 aromatic carbocycles. The predicted octanol–water partition coefficient (Wildman–Crippen LogP) is 4.48. The number of sulfonamides is 1. The molecule has 0 fully saturated rings. The summed E-state index contributed by atoms with van der Waals surface area (Å²) in [5.41, 5.74) is 2.65. The van der Waals surface area contributed by atoms with Crippen molar-refractivity contribution < 1.29 is 8.42 Å². The first kappa shape index (κ1) is 17.3. The lowest BCUT2D eigenvalue weighted by molar-refractivity contribution is 0.566. The normalized spacial score (nSPS) is 13.1. The summed E-state index contributed by atoms with van der Waals surface area (Å²) in [6.45, 7) is 3.81. The summed E-state index contributed by atoms with van der Waals surface area (Å²) in [4.78, 5) is 0. The summed E-state index contributed by atoms with van der Waals surface area (Å²) in [6, 6.07) is 12.3. The highest BCUT2D eigenvalue weighted by Crippen LogP contribution is 2.24. The SMILES string of the molecule is Cc1ccc([C@H](C)NS(=O)(=O)Cc2ccc(Cl)c(Cl)c2)cc1. The lowest BCUT2D eigenvalue weighted by Gasteiger charge is -2.15. The van der Waals surface area contributed by atoms with Crippen molar-refractivity contribution in [1.82, 2.24) is 4.72 Å². The highest BCUT2D eigenvalue weighted by Gasteiger charge is 2.17. The zero-order chi connectivity index (χ0) is 16.3. The summed E-state index contributed by atoms with van der Waals surface area (Å²) in [5.74, 6) is -0.139. The van der Waals surface area contributed by atoms with E-state index in [1.807, 2.05) is 38.1 Å². The van der Waals surface area contributed by atoms with Gasteiger partial charge in [-0.1, -0.05) is 59.1 Å². The Balaban J connectivity index is 2.10. The van der Waals surface area contributed by atoms with Crippen LogP contribution in [0.4, 0.5) is 0 Å². The van der Waals surface area contributed by atoms with Crippen molar-refractivity contribution in [2.75, 3.05) is 0 Å². The Hall–Kier alpha value is -1.07. The van der Waals surface area contributed by atoms with Crippen LogP contribution in [0.25, 0.3) is 0 Å². The van der Waals surface area contributed by atoms with Gasteiger partial charge in [-0.3, -0.25) is 0 Å². The maximum atomic E-state index is 12.3. The van der Waals surface area contributed by atoms with E-state index in [1.54, 1.807) is 18.2 Å². The lowest BCUT2D eigenvalue weighted by Crippen LogP contribution is -2.28. The highest BCUT2D eigenvalue weighted by molar-refractivity contribution is 7.88. The molecule has 0 aliphatic carbocycles. The number of rotatable bonds is 5. The molecule has 0 aromatic heterocycles. The van der Waals surface area contributed by atoms with Crippen molar-refractivity contribution in [2.24, 2.45) is 0 Å². The summed E-state index contributed by atoms with van der Waals surface area (Å²) >= 11 is 11.7. The largest absolute Gasteiger partial charge is 0.216 e. The van der Waals surface area contributed by atoms with Gasteiger partial charge >= 0.3 is 0 Å². The second kappa shape index (κ2) is 7.01. The number of benzene rings is 2. The van der Waals surface area contributed by atoms with Crippen molar-refractivity contribution in [2.45, 2.75) is 25.6 Å². The first-order valence-corrected chi connectivity index (χ1v) is 9.18. The molecule has 2 aromatic rings. The van der Waals surface area contributed by atoms with E-state index in [2.05, 4.69) is 4.72 Å². The third kappa shape index (κ3) is 4.71. The van der Waals surface area contributed by atoms with E-state index in [1.165, 1.54) is 0 Å². The fourth-order valence-corrected chi connectivity index (χ4v) is 3.78. The van der Waals surface area contributed by atoms with Gasteiger partial charge in [0.25, 0.3) is 0 Å². The zero-order valence-electron chi connectivity index (χ0n) is 12.3. The monoisotopic (exact) mass is 357 g/mol. The second-order valence-corrected chi connectivity index (χ2v) is 7.83. The standard InChI is InChI=1S/C16H17Cl2NO2S/c1-11-3-6-14(7-4-11)12(2)19-22(20,21)10-13-5-8-15(17)16(18)9-13/h3-9,12,19H,10H2,1-2H3/t12-/m0/s1. The summed E-state index contributed by atoms with van der Waals surface area (Å²) in [6.07, 6.45) is 0. The topological polar surface area (TPSA) is 46.2 Å². The molecule has 3 nitrogen and oxygen atoms in total. The van der Waals surface area contributed by atoms with Crippen LogP contribution in [0.5, 0.6) is 0 Å². The maximum absolute atomic E-state index is 12.3. The molecule has 0 amide bonds. The predicted molar refractivity (Wildman–Crippen MR) is 91.8 cm³/mol. The van der Waals surface area contributed by atoms with Crippen LogP contribution in [-0.4, -0.2) is 8.42 Å². The highest BCUT2D eigenvalue weighted by atomic mass is 35.5. The van der Waals surface area contributed by atoms with E-state index >= 15 is 0 Å². The maximum Gasteiger partial charge on any atom is 0.216 e. The molecule has 1 N–H and O–H groups in total. The van der Waals surface area contributed by atoms with Crippen molar-refractivity contribution in [3.63, 3.8) is 0 Å². The van der Waals surface area contributed by atoms with Crippen LogP contribution in [-0.2, 0) is 15.8 Å². The molecule has 0 radical (unpaired) electrons. The summed E-state index contributed by atoms with van der Waals surface area (Å²) < 4.78 is 27.2.